The van der Waals surface area contributed by atoms with Gasteiger partial charge in [-0.2, -0.15) is 0 Å². The van der Waals surface area contributed by atoms with E-state index in [0.717, 1.165) is 43.0 Å². The maximum atomic E-state index is 13.1. The number of hydrogen-bond acceptors (Lipinski definition) is 3. The average Bonchev–Trinajstić information content (AvgIpc) is 2.61. The summed E-state index contributed by atoms with van der Waals surface area (Å²) >= 11 is 0. The predicted molar refractivity (Wildman–Crippen MR) is 90.6 cm³/mol. The summed E-state index contributed by atoms with van der Waals surface area (Å²) in [6, 6.07) is 12.2. The van der Waals surface area contributed by atoms with Gasteiger partial charge in [0.1, 0.15) is 11.6 Å². The van der Waals surface area contributed by atoms with Gasteiger partial charge >= 0.3 is 6.09 Å². The van der Waals surface area contributed by atoms with E-state index in [1.165, 1.54) is 12.1 Å². The first-order chi connectivity index (χ1) is 11.6. The Hall–Kier alpha value is -2.63. The zero-order valence-electron chi connectivity index (χ0n) is 13.3. The number of carboxylic acid groups (broad SMARTS) is 1. The van der Waals surface area contributed by atoms with Gasteiger partial charge in [0.05, 0.1) is 5.69 Å². The number of piperidine rings is 1. The number of nitrogens with zero attached hydrogens (tertiary/aromatic N) is 2. The second-order valence-electron chi connectivity index (χ2n) is 6.00. The normalized spacial score (nSPS) is 15.3. The lowest BCUT2D eigenvalue weighted by Gasteiger charge is -2.32. The number of anilines is 1. The van der Waals surface area contributed by atoms with Crippen molar-refractivity contribution in [3.8, 4) is 11.3 Å². The van der Waals surface area contributed by atoms with E-state index in [9.17, 15) is 9.18 Å². The largest absolute Gasteiger partial charge is 0.465 e. The number of pyridine rings is 1. The van der Waals surface area contributed by atoms with Gasteiger partial charge in [-0.1, -0.05) is 6.07 Å². The van der Waals surface area contributed by atoms with Gasteiger partial charge in [0.15, 0.2) is 0 Å². The molecule has 3 rings (SSSR count). The van der Waals surface area contributed by atoms with Crippen LogP contribution in [0, 0.1) is 11.7 Å². The smallest absolute Gasteiger partial charge is 0.404 e. The van der Waals surface area contributed by atoms with Crippen LogP contribution in [-0.2, 0) is 0 Å². The van der Waals surface area contributed by atoms with E-state index in [-0.39, 0.29) is 5.82 Å². The Morgan fingerprint density at radius 3 is 2.58 bits per heavy atom. The molecule has 1 aliphatic heterocycles. The number of amides is 1. The van der Waals surface area contributed by atoms with Gasteiger partial charge in [-0.15, -0.1) is 0 Å². The number of benzene rings is 1. The quantitative estimate of drug-likeness (QED) is 0.902. The predicted octanol–water partition coefficient (Wildman–Crippen LogP) is 3.37. The zero-order chi connectivity index (χ0) is 16.9. The summed E-state index contributed by atoms with van der Waals surface area (Å²) in [5, 5.41) is 11.1. The van der Waals surface area contributed by atoms with Crippen molar-refractivity contribution in [2.24, 2.45) is 5.92 Å². The van der Waals surface area contributed by atoms with Crippen molar-refractivity contribution in [3.05, 3.63) is 48.3 Å². The molecule has 1 aromatic heterocycles. The van der Waals surface area contributed by atoms with Crippen LogP contribution in [0.2, 0.25) is 0 Å². The molecule has 1 amide bonds. The molecule has 0 saturated carbocycles. The highest BCUT2D eigenvalue weighted by molar-refractivity contribution is 5.64. The van der Waals surface area contributed by atoms with Crippen LogP contribution in [0.25, 0.3) is 11.3 Å². The molecular weight excluding hydrogens is 309 g/mol. The summed E-state index contributed by atoms with van der Waals surface area (Å²) in [5.41, 5.74) is 1.71. The molecule has 0 atom stereocenters. The summed E-state index contributed by atoms with van der Waals surface area (Å²) < 4.78 is 13.1. The average molecular weight is 329 g/mol. The van der Waals surface area contributed by atoms with Crippen LogP contribution in [0.15, 0.2) is 42.5 Å². The van der Waals surface area contributed by atoms with Crippen LogP contribution < -0.4 is 10.2 Å². The molecule has 2 aromatic rings. The van der Waals surface area contributed by atoms with Gasteiger partial charge in [0.25, 0.3) is 0 Å². The fourth-order valence-electron chi connectivity index (χ4n) is 2.98. The van der Waals surface area contributed by atoms with Crippen molar-refractivity contribution in [3.63, 3.8) is 0 Å². The molecule has 1 aromatic carbocycles. The molecule has 0 bridgehead atoms. The third-order valence-corrected chi connectivity index (χ3v) is 4.35. The van der Waals surface area contributed by atoms with Crippen molar-refractivity contribution < 1.29 is 14.3 Å². The minimum Gasteiger partial charge on any atom is -0.465 e. The van der Waals surface area contributed by atoms with Crippen molar-refractivity contribution in [2.45, 2.75) is 12.8 Å². The Labute approximate surface area is 140 Å². The summed E-state index contributed by atoms with van der Waals surface area (Å²) in [6.45, 7) is 2.21. The Morgan fingerprint density at radius 2 is 1.92 bits per heavy atom. The lowest BCUT2D eigenvalue weighted by atomic mass is 9.97. The third kappa shape index (κ3) is 4.01. The molecule has 6 heteroatoms. The first-order valence-corrected chi connectivity index (χ1v) is 8.06. The molecule has 1 fully saturated rings. The maximum absolute atomic E-state index is 13.1. The van der Waals surface area contributed by atoms with Crippen molar-refractivity contribution >= 4 is 11.9 Å². The van der Waals surface area contributed by atoms with Crippen LogP contribution in [0.3, 0.4) is 0 Å². The zero-order valence-corrected chi connectivity index (χ0v) is 13.3. The van der Waals surface area contributed by atoms with E-state index in [0.29, 0.717) is 12.5 Å². The number of halogens is 1. The van der Waals surface area contributed by atoms with E-state index in [2.05, 4.69) is 15.2 Å². The summed E-state index contributed by atoms with van der Waals surface area (Å²) in [7, 11) is 0. The van der Waals surface area contributed by atoms with E-state index in [1.54, 1.807) is 12.1 Å². The summed E-state index contributed by atoms with van der Waals surface area (Å²) in [4.78, 5) is 17.5. The minimum atomic E-state index is -0.967. The van der Waals surface area contributed by atoms with Gasteiger partial charge in [-0.25, -0.2) is 14.2 Å². The van der Waals surface area contributed by atoms with Gasteiger partial charge in [-0.05, 0) is 55.2 Å². The topological polar surface area (TPSA) is 65.5 Å². The van der Waals surface area contributed by atoms with E-state index in [1.807, 2.05) is 18.2 Å². The Bertz CT molecular complexity index is 698. The van der Waals surface area contributed by atoms with Crippen LogP contribution in [0.5, 0.6) is 0 Å². The van der Waals surface area contributed by atoms with Crippen LogP contribution in [-0.4, -0.2) is 35.8 Å². The molecule has 0 radical (unpaired) electrons. The summed E-state index contributed by atoms with van der Waals surface area (Å²) in [5.74, 6) is 1.02. The van der Waals surface area contributed by atoms with Gasteiger partial charge in [-0.3, -0.25) is 0 Å². The second kappa shape index (κ2) is 7.29. The van der Waals surface area contributed by atoms with Crippen LogP contribution in [0.1, 0.15) is 12.8 Å². The number of carbonyl (C=O) groups is 1. The molecule has 1 aliphatic rings. The lowest BCUT2D eigenvalue weighted by Crippen LogP contribution is -2.38. The first-order valence-electron chi connectivity index (χ1n) is 8.06. The highest BCUT2D eigenvalue weighted by Crippen LogP contribution is 2.24. The Balaban J connectivity index is 1.65. The molecule has 5 nitrogen and oxygen atoms in total. The van der Waals surface area contributed by atoms with E-state index < -0.39 is 6.09 Å². The molecular formula is C18H20FN3O2. The molecule has 2 N–H and O–H groups in total. The number of rotatable bonds is 4. The highest BCUT2D eigenvalue weighted by atomic mass is 19.1. The number of aromatic nitrogens is 1. The van der Waals surface area contributed by atoms with Crippen LogP contribution in [0.4, 0.5) is 15.0 Å². The molecule has 2 heterocycles. The first kappa shape index (κ1) is 16.2. The van der Waals surface area contributed by atoms with Gasteiger partial charge < -0.3 is 15.3 Å². The fourth-order valence-corrected chi connectivity index (χ4v) is 2.98. The van der Waals surface area contributed by atoms with E-state index in [4.69, 9.17) is 5.11 Å². The highest BCUT2D eigenvalue weighted by Gasteiger charge is 2.20. The van der Waals surface area contributed by atoms with E-state index >= 15 is 0 Å². The molecule has 0 spiro atoms. The SMILES string of the molecule is O=C(O)NCC1CCN(c2cccc(-c3ccc(F)cc3)n2)CC1. The standard InChI is InChI=1S/C18H20FN3O2/c19-15-6-4-14(5-7-15)16-2-1-3-17(21-16)22-10-8-13(9-11-22)12-20-18(23)24/h1-7,13,20H,8-12H2,(H,23,24). The molecule has 1 saturated heterocycles. The molecule has 126 valence electrons. The second-order valence-corrected chi connectivity index (χ2v) is 6.00. The maximum Gasteiger partial charge on any atom is 0.404 e. The number of nitrogens with one attached hydrogen (secondary N) is 1. The van der Waals surface area contributed by atoms with Crippen molar-refractivity contribution in [1.82, 2.24) is 10.3 Å². The Kier molecular flexibility index (Phi) is 4.93. The third-order valence-electron chi connectivity index (χ3n) is 4.35. The monoisotopic (exact) mass is 329 g/mol. The fraction of sp³-hybridized carbons (Fsp3) is 0.333. The molecule has 0 unspecified atom stereocenters. The summed E-state index contributed by atoms with van der Waals surface area (Å²) in [6.07, 6.45) is 0.900. The van der Waals surface area contributed by atoms with Crippen LogP contribution >= 0.6 is 0 Å². The van der Waals surface area contributed by atoms with Gasteiger partial charge in [0, 0.05) is 25.2 Å². The molecule has 24 heavy (non-hydrogen) atoms. The van der Waals surface area contributed by atoms with Gasteiger partial charge in [0.2, 0.25) is 0 Å². The Morgan fingerprint density at radius 1 is 1.21 bits per heavy atom. The molecule has 0 aliphatic carbocycles. The number of hydrogen-bond donors (Lipinski definition) is 2. The van der Waals surface area contributed by atoms with Crippen molar-refractivity contribution in [2.75, 3.05) is 24.5 Å². The lowest BCUT2D eigenvalue weighted by molar-refractivity contribution is 0.191. The van der Waals surface area contributed by atoms with Crippen molar-refractivity contribution in [1.29, 1.82) is 0 Å². The minimum absolute atomic E-state index is 0.257.